The fraction of sp³-hybridized carbons (Fsp3) is 0.467. The molecule has 0 aliphatic carbocycles. The Labute approximate surface area is 138 Å². The molecule has 0 bridgehead atoms. The number of benzene rings is 1. The third-order valence-corrected chi connectivity index (χ3v) is 3.90. The number of halogens is 1. The van der Waals surface area contributed by atoms with E-state index >= 15 is 0 Å². The summed E-state index contributed by atoms with van der Waals surface area (Å²) in [5.41, 5.74) is 0.624. The fourth-order valence-corrected chi connectivity index (χ4v) is 2.58. The molecule has 8 nitrogen and oxygen atoms in total. The molecule has 1 N–H and O–H groups in total. The van der Waals surface area contributed by atoms with Crippen LogP contribution >= 0.6 is 0 Å². The lowest BCUT2D eigenvalue weighted by Gasteiger charge is -2.27. The highest BCUT2D eigenvalue weighted by atomic mass is 19.1. The summed E-state index contributed by atoms with van der Waals surface area (Å²) in [4.78, 5) is 13.8. The average molecular weight is 334 g/mol. The van der Waals surface area contributed by atoms with Gasteiger partial charge >= 0.3 is 6.03 Å². The van der Waals surface area contributed by atoms with Gasteiger partial charge in [-0.15, -0.1) is 5.10 Å². The summed E-state index contributed by atoms with van der Waals surface area (Å²) in [6.45, 7) is 1.20. The molecule has 1 atom stereocenters. The Hall–Kier alpha value is -2.55. The van der Waals surface area contributed by atoms with E-state index in [1.165, 1.54) is 34.1 Å². The molecule has 24 heavy (non-hydrogen) atoms. The molecule has 0 spiro atoms. The van der Waals surface area contributed by atoms with Crippen molar-refractivity contribution in [3.8, 4) is 5.69 Å². The Morgan fingerprint density at radius 1 is 1.50 bits per heavy atom. The third kappa shape index (κ3) is 3.85. The Balaban J connectivity index is 1.66. The zero-order valence-electron chi connectivity index (χ0n) is 13.4. The van der Waals surface area contributed by atoms with Gasteiger partial charge in [0.1, 0.15) is 12.1 Å². The topological polar surface area (TPSA) is 85.2 Å². The number of rotatable bonds is 4. The maximum atomic E-state index is 14.0. The number of aromatic nitrogens is 4. The van der Waals surface area contributed by atoms with Crippen LogP contribution in [0, 0.1) is 5.82 Å². The van der Waals surface area contributed by atoms with Crippen molar-refractivity contribution in [2.75, 3.05) is 25.5 Å². The van der Waals surface area contributed by atoms with Crippen molar-refractivity contribution in [2.45, 2.75) is 25.4 Å². The minimum atomic E-state index is -0.525. The van der Waals surface area contributed by atoms with E-state index in [2.05, 4.69) is 20.8 Å². The van der Waals surface area contributed by atoms with Gasteiger partial charge in [0.15, 0.2) is 0 Å². The Bertz CT molecular complexity index is 687. The average Bonchev–Trinajstić information content (AvgIpc) is 3.12. The number of hydrogen-bond donors (Lipinski definition) is 1. The van der Waals surface area contributed by atoms with Crippen LogP contribution in [0.3, 0.4) is 0 Å². The summed E-state index contributed by atoms with van der Waals surface area (Å²) in [5, 5.41) is 13.4. The van der Waals surface area contributed by atoms with Crippen molar-refractivity contribution in [3.63, 3.8) is 0 Å². The van der Waals surface area contributed by atoms with Gasteiger partial charge in [0.05, 0.1) is 17.5 Å². The molecule has 3 rings (SSSR count). The van der Waals surface area contributed by atoms with Gasteiger partial charge in [-0.25, -0.2) is 13.9 Å². The largest absolute Gasteiger partial charge is 0.376 e. The maximum Gasteiger partial charge on any atom is 0.321 e. The van der Waals surface area contributed by atoms with Gasteiger partial charge in [0.2, 0.25) is 0 Å². The first kappa shape index (κ1) is 16.3. The normalized spacial score (nSPS) is 17.5. The van der Waals surface area contributed by atoms with Gasteiger partial charge in [-0.1, -0.05) is 0 Å². The minimum absolute atomic E-state index is 0.0342. The molecule has 128 valence electrons. The third-order valence-electron chi connectivity index (χ3n) is 3.90. The fourth-order valence-electron chi connectivity index (χ4n) is 2.58. The van der Waals surface area contributed by atoms with E-state index in [0.717, 1.165) is 25.9 Å². The zero-order chi connectivity index (χ0) is 16.9. The predicted molar refractivity (Wildman–Crippen MR) is 84.4 cm³/mol. The number of anilines is 1. The molecule has 0 unspecified atom stereocenters. The molecule has 0 saturated carbocycles. The lowest BCUT2D eigenvalue weighted by molar-refractivity contribution is 0.00463. The van der Waals surface area contributed by atoms with E-state index in [4.69, 9.17) is 4.74 Å². The van der Waals surface area contributed by atoms with Gasteiger partial charge in [-0.05, 0) is 47.9 Å². The number of ether oxygens (including phenoxy) is 1. The van der Waals surface area contributed by atoms with Crippen LogP contribution in [0.4, 0.5) is 14.9 Å². The van der Waals surface area contributed by atoms with Crippen molar-refractivity contribution in [3.05, 3.63) is 30.3 Å². The van der Waals surface area contributed by atoms with Crippen LogP contribution < -0.4 is 5.32 Å². The van der Waals surface area contributed by atoms with Crippen LogP contribution in [0.15, 0.2) is 24.5 Å². The van der Waals surface area contributed by atoms with Crippen LogP contribution in [-0.2, 0) is 4.74 Å². The SMILES string of the molecule is CN(C[C@H]1CCCCO1)C(=O)Nc1cc(-n2cnnn2)ccc1F. The highest BCUT2D eigenvalue weighted by molar-refractivity contribution is 5.89. The first-order valence-electron chi connectivity index (χ1n) is 7.80. The van der Waals surface area contributed by atoms with Gasteiger partial charge in [0.25, 0.3) is 0 Å². The van der Waals surface area contributed by atoms with E-state index in [1.807, 2.05) is 0 Å². The highest BCUT2D eigenvalue weighted by Crippen LogP contribution is 2.19. The number of carbonyl (C=O) groups is 1. The van der Waals surface area contributed by atoms with Crippen LogP contribution in [0.1, 0.15) is 19.3 Å². The van der Waals surface area contributed by atoms with Crippen molar-refractivity contribution < 1.29 is 13.9 Å². The quantitative estimate of drug-likeness (QED) is 0.922. The van der Waals surface area contributed by atoms with Gasteiger partial charge in [-0.3, -0.25) is 0 Å². The Kier molecular flexibility index (Phi) is 4.99. The Morgan fingerprint density at radius 3 is 3.08 bits per heavy atom. The van der Waals surface area contributed by atoms with Crippen molar-refractivity contribution in [2.24, 2.45) is 0 Å². The molecular weight excluding hydrogens is 315 g/mol. The smallest absolute Gasteiger partial charge is 0.321 e. The number of nitrogens with zero attached hydrogens (tertiary/aromatic N) is 5. The second-order valence-electron chi connectivity index (χ2n) is 5.72. The van der Waals surface area contributed by atoms with E-state index in [9.17, 15) is 9.18 Å². The molecule has 1 aromatic carbocycles. The summed E-state index contributed by atoms with van der Waals surface area (Å²) in [6.07, 6.45) is 4.52. The number of nitrogens with one attached hydrogen (secondary N) is 1. The minimum Gasteiger partial charge on any atom is -0.376 e. The van der Waals surface area contributed by atoms with E-state index < -0.39 is 11.8 Å². The molecule has 2 amide bonds. The lowest BCUT2D eigenvalue weighted by Crippen LogP contribution is -2.39. The van der Waals surface area contributed by atoms with Crippen LogP contribution in [0.25, 0.3) is 5.69 Å². The molecule has 2 aromatic rings. The highest BCUT2D eigenvalue weighted by Gasteiger charge is 2.19. The number of carbonyl (C=O) groups excluding carboxylic acids is 1. The molecular formula is C15H19FN6O2. The van der Waals surface area contributed by atoms with E-state index in [1.54, 1.807) is 7.05 Å². The first-order chi connectivity index (χ1) is 11.6. The van der Waals surface area contributed by atoms with Gasteiger partial charge in [-0.2, -0.15) is 0 Å². The summed E-state index contributed by atoms with van der Waals surface area (Å²) in [6, 6.07) is 3.88. The van der Waals surface area contributed by atoms with E-state index in [-0.39, 0.29) is 11.8 Å². The Morgan fingerprint density at radius 2 is 2.38 bits per heavy atom. The standard InChI is InChI=1S/C15H19FN6O2/c1-21(9-12-4-2-3-7-24-12)15(23)18-14-8-11(5-6-13(14)16)22-10-17-19-20-22/h5-6,8,10,12H,2-4,7,9H2,1H3,(H,18,23)/t12-/m1/s1. The molecule has 1 saturated heterocycles. The zero-order valence-corrected chi connectivity index (χ0v) is 13.4. The van der Waals surface area contributed by atoms with Crippen molar-refractivity contribution >= 4 is 11.7 Å². The monoisotopic (exact) mass is 334 g/mol. The van der Waals surface area contributed by atoms with Crippen LogP contribution in [0.5, 0.6) is 0 Å². The predicted octanol–water partition coefficient (Wildman–Crippen LogP) is 1.83. The van der Waals surface area contributed by atoms with Crippen molar-refractivity contribution in [1.29, 1.82) is 0 Å². The summed E-state index contributed by atoms with van der Waals surface area (Å²) in [7, 11) is 1.66. The number of amides is 2. The summed E-state index contributed by atoms with van der Waals surface area (Å²) in [5.74, 6) is -0.525. The first-order valence-corrected chi connectivity index (χ1v) is 7.80. The molecule has 9 heteroatoms. The van der Waals surface area contributed by atoms with E-state index in [0.29, 0.717) is 12.2 Å². The second kappa shape index (κ2) is 7.35. The number of hydrogen-bond acceptors (Lipinski definition) is 5. The summed E-state index contributed by atoms with van der Waals surface area (Å²) >= 11 is 0. The molecule has 1 aromatic heterocycles. The maximum absolute atomic E-state index is 14.0. The molecule has 1 fully saturated rings. The van der Waals surface area contributed by atoms with Gasteiger partial charge < -0.3 is 15.0 Å². The second-order valence-corrected chi connectivity index (χ2v) is 5.72. The number of tetrazole rings is 1. The lowest BCUT2D eigenvalue weighted by atomic mass is 10.1. The van der Waals surface area contributed by atoms with Crippen LogP contribution in [-0.4, -0.2) is 57.4 Å². The molecule has 0 radical (unpaired) electrons. The van der Waals surface area contributed by atoms with Gasteiger partial charge in [0, 0.05) is 20.2 Å². The van der Waals surface area contributed by atoms with Crippen LogP contribution in [0.2, 0.25) is 0 Å². The summed E-state index contributed by atoms with van der Waals surface area (Å²) < 4.78 is 21.0. The molecule has 1 aliphatic heterocycles. The number of likely N-dealkylation sites (N-methyl/N-ethyl adjacent to an activating group) is 1. The number of urea groups is 1. The molecule has 2 heterocycles. The van der Waals surface area contributed by atoms with Crippen molar-refractivity contribution in [1.82, 2.24) is 25.1 Å². The molecule has 1 aliphatic rings.